The maximum atomic E-state index is 12.0. The van der Waals surface area contributed by atoms with Crippen molar-refractivity contribution >= 4 is 40.9 Å². The van der Waals surface area contributed by atoms with E-state index in [1.54, 1.807) is 12.1 Å². The SMILES string of the molecule is COc1cc(Cl)c(C)cc1NC(=O)CSCC(=O)OCCC(C)C. The summed E-state index contributed by atoms with van der Waals surface area (Å²) in [5.74, 6) is 0.793. The van der Waals surface area contributed by atoms with Crippen molar-refractivity contribution in [3.63, 3.8) is 0 Å². The molecule has 0 unspecified atom stereocenters. The van der Waals surface area contributed by atoms with Gasteiger partial charge in [0.25, 0.3) is 0 Å². The van der Waals surface area contributed by atoms with Gasteiger partial charge in [0.2, 0.25) is 5.91 Å². The first-order chi connectivity index (χ1) is 11.3. The monoisotopic (exact) mass is 373 g/mol. The Hall–Kier alpha value is -1.40. The molecular formula is C17H24ClNO4S. The molecule has 1 rings (SSSR count). The van der Waals surface area contributed by atoms with E-state index < -0.39 is 0 Å². The summed E-state index contributed by atoms with van der Waals surface area (Å²) in [6, 6.07) is 3.41. The summed E-state index contributed by atoms with van der Waals surface area (Å²) in [4.78, 5) is 23.5. The maximum absolute atomic E-state index is 12.0. The van der Waals surface area contributed by atoms with E-state index in [-0.39, 0.29) is 23.4 Å². The molecule has 24 heavy (non-hydrogen) atoms. The lowest BCUT2D eigenvalue weighted by molar-refractivity contribution is -0.140. The third-order valence-corrected chi connectivity index (χ3v) is 4.48. The van der Waals surface area contributed by atoms with E-state index in [2.05, 4.69) is 19.2 Å². The van der Waals surface area contributed by atoms with Gasteiger partial charge in [-0.2, -0.15) is 0 Å². The van der Waals surface area contributed by atoms with Crippen LogP contribution in [0.1, 0.15) is 25.8 Å². The van der Waals surface area contributed by atoms with Gasteiger partial charge in [0.15, 0.2) is 0 Å². The van der Waals surface area contributed by atoms with Crippen molar-refractivity contribution in [3.05, 3.63) is 22.7 Å². The number of carbonyl (C=O) groups is 2. The molecule has 5 nitrogen and oxygen atoms in total. The minimum atomic E-state index is -0.298. The van der Waals surface area contributed by atoms with Gasteiger partial charge in [-0.25, -0.2) is 0 Å². The quantitative estimate of drug-likeness (QED) is 0.664. The number of methoxy groups -OCH3 is 1. The first-order valence-electron chi connectivity index (χ1n) is 7.70. The third kappa shape index (κ3) is 7.45. The number of aryl methyl sites for hydroxylation is 1. The van der Waals surface area contributed by atoms with Crippen molar-refractivity contribution in [2.45, 2.75) is 27.2 Å². The van der Waals surface area contributed by atoms with E-state index in [0.717, 1.165) is 12.0 Å². The van der Waals surface area contributed by atoms with Crippen molar-refractivity contribution in [3.8, 4) is 5.75 Å². The Morgan fingerprint density at radius 3 is 2.62 bits per heavy atom. The Bertz CT molecular complexity index is 578. The molecule has 1 aromatic rings. The van der Waals surface area contributed by atoms with E-state index in [4.69, 9.17) is 21.1 Å². The van der Waals surface area contributed by atoms with Crippen LogP contribution in [0.4, 0.5) is 5.69 Å². The number of halogens is 1. The number of thioether (sulfide) groups is 1. The molecule has 0 atom stereocenters. The Balaban J connectivity index is 2.39. The highest BCUT2D eigenvalue weighted by atomic mass is 35.5. The summed E-state index contributed by atoms with van der Waals surface area (Å²) < 4.78 is 10.3. The zero-order chi connectivity index (χ0) is 18.1. The predicted molar refractivity (Wildman–Crippen MR) is 99.1 cm³/mol. The van der Waals surface area contributed by atoms with E-state index in [9.17, 15) is 9.59 Å². The second-order valence-corrected chi connectivity index (χ2v) is 7.14. The fourth-order valence-electron chi connectivity index (χ4n) is 1.79. The molecule has 0 aliphatic rings. The molecule has 0 heterocycles. The summed E-state index contributed by atoms with van der Waals surface area (Å²) in [5, 5.41) is 3.34. The van der Waals surface area contributed by atoms with Gasteiger partial charge in [-0.1, -0.05) is 25.4 Å². The van der Waals surface area contributed by atoms with Crippen LogP contribution in [0.3, 0.4) is 0 Å². The molecule has 134 valence electrons. The Labute approximate surface area is 152 Å². The number of ether oxygens (including phenoxy) is 2. The van der Waals surface area contributed by atoms with E-state index >= 15 is 0 Å². The van der Waals surface area contributed by atoms with Gasteiger partial charge in [-0.05, 0) is 30.9 Å². The highest BCUT2D eigenvalue weighted by Gasteiger charge is 2.11. The highest BCUT2D eigenvalue weighted by Crippen LogP contribution is 2.30. The van der Waals surface area contributed by atoms with Crippen LogP contribution in [0, 0.1) is 12.8 Å². The van der Waals surface area contributed by atoms with Gasteiger partial charge in [-0.15, -0.1) is 11.8 Å². The number of nitrogens with one attached hydrogen (secondary N) is 1. The highest BCUT2D eigenvalue weighted by molar-refractivity contribution is 8.00. The summed E-state index contributed by atoms with van der Waals surface area (Å²) in [6.45, 7) is 6.41. The number of hydrogen-bond donors (Lipinski definition) is 1. The van der Waals surface area contributed by atoms with Gasteiger partial charge in [0, 0.05) is 11.1 Å². The number of amides is 1. The fourth-order valence-corrected chi connectivity index (χ4v) is 2.56. The Kier molecular flexibility index (Phi) is 9.00. The Morgan fingerprint density at radius 1 is 1.29 bits per heavy atom. The largest absolute Gasteiger partial charge is 0.495 e. The molecule has 0 spiro atoms. The minimum absolute atomic E-state index is 0.155. The molecule has 0 radical (unpaired) electrons. The lowest BCUT2D eigenvalue weighted by atomic mass is 10.1. The molecule has 0 aliphatic heterocycles. The van der Waals surface area contributed by atoms with Crippen molar-refractivity contribution in [1.82, 2.24) is 0 Å². The number of benzene rings is 1. The molecule has 1 amide bonds. The molecule has 1 N–H and O–H groups in total. The van der Waals surface area contributed by atoms with E-state index in [1.807, 2.05) is 6.92 Å². The molecule has 0 bridgehead atoms. The zero-order valence-electron chi connectivity index (χ0n) is 14.5. The maximum Gasteiger partial charge on any atom is 0.315 e. The molecule has 0 saturated carbocycles. The number of carbonyl (C=O) groups excluding carboxylic acids is 2. The normalized spacial score (nSPS) is 10.6. The van der Waals surface area contributed by atoms with Crippen molar-refractivity contribution in [1.29, 1.82) is 0 Å². The van der Waals surface area contributed by atoms with Gasteiger partial charge >= 0.3 is 5.97 Å². The predicted octanol–water partition coefficient (Wildman–Crippen LogP) is 3.92. The van der Waals surface area contributed by atoms with Crippen LogP contribution in [0.15, 0.2) is 12.1 Å². The van der Waals surface area contributed by atoms with Crippen molar-refractivity contribution < 1.29 is 19.1 Å². The summed E-state index contributed by atoms with van der Waals surface area (Å²) >= 11 is 7.25. The molecule has 0 fully saturated rings. The van der Waals surface area contributed by atoms with Crippen LogP contribution in [0.25, 0.3) is 0 Å². The average Bonchev–Trinajstić information content (AvgIpc) is 2.50. The first kappa shape index (κ1) is 20.6. The number of anilines is 1. The van der Waals surface area contributed by atoms with Crippen molar-refractivity contribution in [2.24, 2.45) is 5.92 Å². The molecular weight excluding hydrogens is 350 g/mol. The lowest BCUT2D eigenvalue weighted by Crippen LogP contribution is -2.17. The standard InChI is InChI=1S/C17H24ClNO4S/c1-11(2)5-6-23-17(21)10-24-9-16(20)19-14-7-12(3)13(18)8-15(14)22-4/h7-8,11H,5-6,9-10H2,1-4H3,(H,19,20). The van der Waals surface area contributed by atoms with Crippen LogP contribution in [-0.4, -0.2) is 37.1 Å². The smallest absolute Gasteiger partial charge is 0.315 e. The van der Waals surface area contributed by atoms with Gasteiger partial charge in [0.05, 0.1) is 30.9 Å². The molecule has 0 saturated heterocycles. The first-order valence-corrected chi connectivity index (χ1v) is 9.24. The lowest BCUT2D eigenvalue weighted by Gasteiger charge is -2.12. The third-order valence-electron chi connectivity index (χ3n) is 3.17. The van der Waals surface area contributed by atoms with E-state index in [1.165, 1.54) is 18.9 Å². The van der Waals surface area contributed by atoms with Crippen LogP contribution < -0.4 is 10.1 Å². The van der Waals surface area contributed by atoms with Crippen molar-refractivity contribution in [2.75, 3.05) is 30.5 Å². The van der Waals surface area contributed by atoms with Crippen LogP contribution >= 0.6 is 23.4 Å². The number of hydrogen-bond acceptors (Lipinski definition) is 5. The minimum Gasteiger partial charge on any atom is -0.495 e. The number of rotatable bonds is 9. The number of esters is 1. The van der Waals surface area contributed by atoms with Crippen LogP contribution in [-0.2, 0) is 14.3 Å². The second-order valence-electron chi connectivity index (χ2n) is 5.75. The van der Waals surface area contributed by atoms with Crippen LogP contribution in [0.5, 0.6) is 5.75 Å². The second kappa shape index (κ2) is 10.5. The fraction of sp³-hybridized carbons (Fsp3) is 0.529. The van der Waals surface area contributed by atoms with Gasteiger partial charge in [-0.3, -0.25) is 9.59 Å². The summed E-state index contributed by atoms with van der Waals surface area (Å²) in [5.41, 5.74) is 1.40. The Morgan fingerprint density at radius 2 is 2.00 bits per heavy atom. The molecule has 0 aromatic heterocycles. The van der Waals surface area contributed by atoms with Gasteiger partial charge < -0.3 is 14.8 Å². The average molecular weight is 374 g/mol. The van der Waals surface area contributed by atoms with Gasteiger partial charge in [0.1, 0.15) is 5.75 Å². The molecule has 7 heteroatoms. The topological polar surface area (TPSA) is 64.6 Å². The molecule has 1 aromatic carbocycles. The zero-order valence-corrected chi connectivity index (χ0v) is 16.1. The van der Waals surface area contributed by atoms with E-state index in [0.29, 0.717) is 29.0 Å². The summed E-state index contributed by atoms with van der Waals surface area (Å²) in [6.07, 6.45) is 0.840. The van der Waals surface area contributed by atoms with Crippen LogP contribution in [0.2, 0.25) is 5.02 Å². The summed E-state index contributed by atoms with van der Waals surface area (Å²) in [7, 11) is 1.51. The molecule has 0 aliphatic carbocycles.